The Bertz CT molecular complexity index is 1170. The first-order valence-electron chi connectivity index (χ1n) is 9.61. The maximum absolute atomic E-state index is 12.6. The molecule has 0 fully saturated rings. The van der Waals surface area contributed by atoms with Crippen LogP contribution in [0, 0.1) is 0 Å². The Morgan fingerprint density at radius 2 is 1.73 bits per heavy atom. The minimum Gasteiger partial charge on any atom is -0.350 e. The van der Waals surface area contributed by atoms with E-state index in [4.69, 9.17) is 0 Å². The molecule has 1 unspecified atom stereocenters. The van der Waals surface area contributed by atoms with Crippen molar-refractivity contribution in [3.63, 3.8) is 0 Å². The highest BCUT2D eigenvalue weighted by Gasteiger charge is 2.16. The van der Waals surface area contributed by atoms with Crippen LogP contribution in [0.4, 0.5) is 5.69 Å². The van der Waals surface area contributed by atoms with E-state index in [2.05, 4.69) is 20.6 Å². The van der Waals surface area contributed by atoms with Crippen molar-refractivity contribution in [1.29, 1.82) is 0 Å². The van der Waals surface area contributed by atoms with E-state index in [-0.39, 0.29) is 17.9 Å². The van der Waals surface area contributed by atoms with Crippen LogP contribution >= 0.6 is 0 Å². The number of imidazole rings is 1. The van der Waals surface area contributed by atoms with Crippen molar-refractivity contribution in [2.24, 2.45) is 0 Å². The first-order valence-corrected chi connectivity index (χ1v) is 9.61. The van der Waals surface area contributed by atoms with Gasteiger partial charge in [0.25, 0.3) is 5.91 Å². The number of nitrogens with one attached hydrogen (secondary N) is 2. The third-order valence-corrected chi connectivity index (χ3v) is 4.90. The van der Waals surface area contributed by atoms with Gasteiger partial charge in [-0.05, 0) is 48.9 Å². The van der Waals surface area contributed by atoms with E-state index in [1.54, 1.807) is 43.0 Å². The number of para-hydroxylation sites is 2. The molecule has 2 aromatic carbocycles. The molecule has 7 heteroatoms. The molecule has 2 heterocycles. The summed E-state index contributed by atoms with van der Waals surface area (Å²) in [5, 5.41) is 5.76. The SMILES string of the molecule is CC(C(=O)NCc1ccc(C(=O)Nc2ccncc2)cc1)n1cnc2ccccc21. The Balaban J connectivity index is 1.35. The van der Waals surface area contributed by atoms with Gasteiger partial charge in [-0.2, -0.15) is 0 Å². The number of benzene rings is 2. The molecule has 1 atom stereocenters. The number of hydrogen-bond donors (Lipinski definition) is 2. The molecule has 0 aliphatic heterocycles. The average molecular weight is 399 g/mol. The largest absolute Gasteiger partial charge is 0.350 e. The molecule has 0 bridgehead atoms. The van der Waals surface area contributed by atoms with Crippen LogP contribution in [0.2, 0.25) is 0 Å². The van der Waals surface area contributed by atoms with E-state index in [1.165, 1.54) is 0 Å². The number of amides is 2. The fourth-order valence-electron chi connectivity index (χ4n) is 3.16. The molecule has 0 saturated heterocycles. The number of carbonyl (C=O) groups is 2. The monoisotopic (exact) mass is 399 g/mol. The molecule has 0 saturated carbocycles. The summed E-state index contributed by atoms with van der Waals surface area (Å²) >= 11 is 0. The third kappa shape index (κ3) is 4.20. The van der Waals surface area contributed by atoms with Gasteiger partial charge in [-0.15, -0.1) is 0 Å². The Morgan fingerprint density at radius 3 is 2.50 bits per heavy atom. The van der Waals surface area contributed by atoms with Crippen molar-refractivity contribution in [3.05, 3.63) is 90.5 Å². The summed E-state index contributed by atoms with van der Waals surface area (Å²) in [7, 11) is 0. The summed E-state index contributed by atoms with van der Waals surface area (Å²) in [5.41, 5.74) is 3.92. The van der Waals surface area contributed by atoms with Crippen molar-refractivity contribution in [2.75, 3.05) is 5.32 Å². The maximum Gasteiger partial charge on any atom is 0.255 e. The zero-order chi connectivity index (χ0) is 20.9. The predicted molar refractivity (Wildman–Crippen MR) is 115 cm³/mol. The van der Waals surface area contributed by atoms with E-state index in [1.807, 2.05) is 47.9 Å². The summed E-state index contributed by atoms with van der Waals surface area (Å²) in [4.78, 5) is 33.2. The minimum atomic E-state index is -0.386. The highest BCUT2D eigenvalue weighted by Crippen LogP contribution is 2.17. The summed E-state index contributed by atoms with van der Waals surface area (Å²) in [6.07, 6.45) is 4.93. The van der Waals surface area contributed by atoms with Gasteiger partial charge in [0.15, 0.2) is 0 Å². The second-order valence-corrected chi connectivity index (χ2v) is 6.92. The topological polar surface area (TPSA) is 88.9 Å². The molecular weight excluding hydrogens is 378 g/mol. The highest BCUT2D eigenvalue weighted by molar-refractivity contribution is 6.04. The lowest BCUT2D eigenvalue weighted by Crippen LogP contribution is -2.30. The summed E-state index contributed by atoms with van der Waals surface area (Å²) in [6, 6.07) is 17.9. The molecule has 150 valence electrons. The van der Waals surface area contributed by atoms with Gasteiger partial charge in [-0.1, -0.05) is 24.3 Å². The fraction of sp³-hybridized carbons (Fsp3) is 0.130. The highest BCUT2D eigenvalue weighted by atomic mass is 16.2. The van der Waals surface area contributed by atoms with Crippen molar-refractivity contribution in [1.82, 2.24) is 19.9 Å². The number of pyridine rings is 1. The van der Waals surface area contributed by atoms with Gasteiger partial charge in [0, 0.05) is 30.2 Å². The molecule has 0 spiro atoms. The Hall–Kier alpha value is -4.00. The van der Waals surface area contributed by atoms with E-state index in [0.717, 1.165) is 16.6 Å². The van der Waals surface area contributed by atoms with Gasteiger partial charge in [0.1, 0.15) is 6.04 Å². The third-order valence-electron chi connectivity index (χ3n) is 4.90. The molecule has 4 rings (SSSR count). The molecule has 0 radical (unpaired) electrons. The second kappa shape index (κ2) is 8.57. The van der Waals surface area contributed by atoms with Crippen molar-refractivity contribution in [3.8, 4) is 0 Å². The second-order valence-electron chi connectivity index (χ2n) is 6.92. The molecule has 2 aromatic heterocycles. The number of carbonyl (C=O) groups excluding carboxylic acids is 2. The zero-order valence-electron chi connectivity index (χ0n) is 16.4. The standard InChI is InChI=1S/C23H21N5O2/c1-16(28-15-26-20-4-2-3-5-21(20)28)22(29)25-14-17-6-8-18(9-7-17)23(30)27-19-10-12-24-13-11-19/h2-13,15-16H,14H2,1H3,(H,25,29)(H,24,27,30). The van der Waals surface area contributed by atoms with Crippen molar-refractivity contribution in [2.45, 2.75) is 19.5 Å². The van der Waals surface area contributed by atoms with E-state index in [0.29, 0.717) is 17.8 Å². The Labute approximate surface area is 173 Å². The minimum absolute atomic E-state index is 0.0994. The van der Waals surface area contributed by atoms with Crippen LogP contribution in [0.15, 0.2) is 79.4 Å². The Morgan fingerprint density at radius 1 is 1.00 bits per heavy atom. The number of rotatable bonds is 6. The number of nitrogens with zero attached hydrogens (tertiary/aromatic N) is 3. The summed E-state index contributed by atoms with van der Waals surface area (Å²) in [6.45, 7) is 2.22. The number of anilines is 1. The fourth-order valence-corrected chi connectivity index (χ4v) is 3.16. The smallest absolute Gasteiger partial charge is 0.255 e. The normalized spacial score (nSPS) is 11.8. The van der Waals surface area contributed by atoms with Crippen LogP contribution in [-0.2, 0) is 11.3 Å². The maximum atomic E-state index is 12.6. The van der Waals surface area contributed by atoms with Gasteiger partial charge < -0.3 is 15.2 Å². The van der Waals surface area contributed by atoms with Gasteiger partial charge in [-0.25, -0.2) is 4.98 Å². The van der Waals surface area contributed by atoms with Gasteiger partial charge in [0.2, 0.25) is 5.91 Å². The first-order chi connectivity index (χ1) is 14.6. The number of fused-ring (bicyclic) bond motifs is 1. The lowest BCUT2D eigenvalue weighted by atomic mass is 10.1. The van der Waals surface area contributed by atoms with Crippen molar-refractivity contribution < 1.29 is 9.59 Å². The molecule has 30 heavy (non-hydrogen) atoms. The molecule has 4 aromatic rings. The van der Waals surface area contributed by atoms with E-state index in [9.17, 15) is 9.59 Å². The predicted octanol–water partition coefficient (Wildman–Crippen LogP) is 3.56. The number of hydrogen-bond acceptors (Lipinski definition) is 4. The van der Waals surface area contributed by atoms with Crippen LogP contribution in [0.5, 0.6) is 0 Å². The molecule has 2 amide bonds. The van der Waals surface area contributed by atoms with Gasteiger partial charge in [0.05, 0.1) is 17.4 Å². The van der Waals surface area contributed by atoms with Gasteiger partial charge >= 0.3 is 0 Å². The molecule has 0 aliphatic rings. The summed E-state index contributed by atoms with van der Waals surface area (Å²) < 4.78 is 1.86. The molecular formula is C23H21N5O2. The molecule has 2 N–H and O–H groups in total. The average Bonchev–Trinajstić information content (AvgIpc) is 3.22. The zero-order valence-corrected chi connectivity index (χ0v) is 16.4. The molecule has 7 nitrogen and oxygen atoms in total. The van der Waals surface area contributed by atoms with Crippen LogP contribution in [0.25, 0.3) is 11.0 Å². The lowest BCUT2D eigenvalue weighted by molar-refractivity contribution is -0.123. The van der Waals surface area contributed by atoms with Crippen LogP contribution < -0.4 is 10.6 Å². The molecule has 0 aliphatic carbocycles. The number of aromatic nitrogens is 3. The Kier molecular flexibility index (Phi) is 5.52. The van der Waals surface area contributed by atoms with Crippen LogP contribution in [0.3, 0.4) is 0 Å². The van der Waals surface area contributed by atoms with E-state index >= 15 is 0 Å². The summed E-state index contributed by atoms with van der Waals surface area (Å²) in [5.74, 6) is -0.296. The van der Waals surface area contributed by atoms with E-state index < -0.39 is 0 Å². The van der Waals surface area contributed by atoms with Crippen LogP contribution in [-0.4, -0.2) is 26.3 Å². The first kappa shape index (κ1) is 19.3. The van der Waals surface area contributed by atoms with Gasteiger partial charge in [-0.3, -0.25) is 14.6 Å². The quantitative estimate of drug-likeness (QED) is 0.519. The van der Waals surface area contributed by atoms with Crippen LogP contribution in [0.1, 0.15) is 28.9 Å². The lowest BCUT2D eigenvalue weighted by Gasteiger charge is -2.15. The van der Waals surface area contributed by atoms with Crippen molar-refractivity contribution >= 4 is 28.5 Å².